The molecule has 0 aliphatic carbocycles. The smallest absolute Gasteiger partial charge is 0.251 e. The molecule has 2 amide bonds. The van der Waals surface area contributed by atoms with Crippen LogP contribution in [-0.4, -0.2) is 27.6 Å². The normalized spacial score (nSPS) is 11.9. The number of nitrogens with one attached hydrogen (secondary N) is 2. The Labute approximate surface area is 183 Å². The van der Waals surface area contributed by atoms with Gasteiger partial charge in [-0.3, -0.25) is 9.59 Å². The summed E-state index contributed by atoms with van der Waals surface area (Å²) in [6.07, 6.45) is 0. The van der Waals surface area contributed by atoms with Crippen molar-refractivity contribution in [2.45, 2.75) is 47.2 Å². The Balaban J connectivity index is 1.70. The van der Waals surface area contributed by atoms with Gasteiger partial charge in [0.05, 0.1) is 11.4 Å². The van der Waals surface area contributed by atoms with Gasteiger partial charge in [0.15, 0.2) is 0 Å². The fourth-order valence-electron chi connectivity index (χ4n) is 3.50. The van der Waals surface area contributed by atoms with Crippen LogP contribution in [-0.2, 0) is 11.3 Å². The first-order valence-corrected chi connectivity index (χ1v) is 10.5. The molecule has 3 aromatic rings. The molecule has 0 aliphatic rings. The van der Waals surface area contributed by atoms with Crippen LogP contribution >= 0.6 is 0 Å². The maximum Gasteiger partial charge on any atom is 0.251 e. The molecule has 1 unspecified atom stereocenters. The van der Waals surface area contributed by atoms with E-state index in [1.165, 1.54) is 0 Å². The highest BCUT2D eigenvalue weighted by Crippen LogP contribution is 2.18. The SMILES string of the molecule is Cc1ccc(C(=O)NC(C(=O)NCc2c(C)nn(-c3ccccc3)c2C)C(C)C)cc1. The average molecular weight is 419 g/mol. The fourth-order valence-corrected chi connectivity index (χ4v) is 3.50. The Morgan fingerprint density at radius 3 is 2.23 bits per heavy atom. The van der Waals surface area contributed by atoms with Crippen molar-refractivity contribution in [3.63, 3.8) is 0 Å². The van der Waals surface area contributed by atoms with E-state index >= 15 is 0 Å². The lowest BCUT2D eigenvalue weighted by atomic mass is 10.0. The minimum atomic E-state index is -0.626. The van der Waals surface area contributed by atoms with Gasteiger partial charge >= 0.3 is 0 Å². The molecule has 0 aliphatic heterocycles. The Bertz CT molecular complexity index is 1050. The van der Waals surface area contributed by atoms with Gasteiger partial charge in [0.1, 0.15) is 6.04 Å². The van der Waals surface area contributed by atoms with E-state index in [-0.39, 0.29) is 17.7 Å². The molecule has 1 aromatic heterocycles. The first-order valence-electron chi connectivity index (χ1n) is 10.5. The number of aromatic nitrogens is 2. The molecule has 6 nitrogen and oxygen atoms in total. The van der Waals surface area contributed by atoms with Gasteiger partial charge in [-0.25, -0.2) is 4.68 Å². The van der Waals surface area contributed by atoms with Crippen molar-refractivity contribution >= 4 is 11.8 Å². The fraction of sp³-hybridized carbons (Fsp3) is 0.320. The summed E-state index contributed by atoms with van der Waals surface area (Å²) in [5.41, 5.74) is 5.42. The highest BCUT2D eigenvalue weighted by atomic mass is 16.2. The zero-order valence-corrected chi connectivity index (χ0v) is 18.8. The van der Waals surface area contributed by atoms with Crippen LogP contribution in [0.1, 0.15) is 46.7 Å². The van der Waals surface area contributed by atoms with Crippen LogP contribution in [0.15, 0.2) is 54.6 Å². The van der Waals surface area contributed by atoms with E-state index in [1.54, 1.807) is 12.1 Å². The van der Waals surface area contributed by atoms with Crippen LogP contribution in [0.4, 0.5) is 0 Å². The quantitative estimate of drug-likeness (QED) is 0.612. The number of carbonyl (C=O) groups excluding carboxylic acids is 2. The molecule has 162 valence electrons. The second kappa shape index (κ2) is 9.60. The van der Waals surface area contributed by atoms with E-state index in [0.29, 0.717) is 12.1 Å². The van der Waals surface area contributed by atoms with Gasteiger partial charge in [-0.15, -0.1) is 0 Å². The maximum absolute atomic E-state index is 12.9. The molecule has 1 atom stereocenters. The molecule has 0 saturated heterocycles. The summed E-state index contributed by atoms with van der Waals surface area (Å²) in [5.74, 6) is -0.511. The minimum absolute atomic E-state index is 0.0522. The minimum Gasteiger partial charge on any atom is -0.350 e. The standard InChI is InChI=1S/C25H30N4O2/c1-16(2)23(27-24(30)20-13-11-17(3)12-14-20)25(31)26-15-22-18(4)28-29(19(22)5)21-9-7-6-8-10-21/h6-14,16,23H,15H2,1-5H3,(H,26,31)(H,27,30). The van der Waals surface area contributed by atoms with Gasteiger partial charge in [-0.05, 0) is 51.0 Å². The molecule has 0 radical (unpaired) electrons. The van der Waals surface area contributed by atoms with E-state index < -0.39 is 6.04 Å². The van der Waals surface area contributed by atoms with E-state index in [4.69, 9.17) is 0 Å². The number of aryl methyl sites for hydroxylation is 2. The van der Waals surface area contributed by atoms with Crippen LogP contribution in [0, 0.1) is 26.7 Å². The van der Waals surface area contributed by atoms with Crippen molar-refractivity contribution in [1.82, 2.24) is 20.4 Å². The number of amides is 2. The van der Waals surface area contributed by atoms with Gasteiger partial charge in [0.2, 0.25) is 5.91 Å². The van der Waals surface area contributed by atoms with Crippen molar-refractivity contribution in [2.75, 3.05) is 0 Å². The predicted molar refractivity (Wildman–Crippen MR) is 122 cm³/mol. The number of rotatable bonds is 7. The van der Waals surface area contributed by atoms with Crippen molar-refractivity contribution < 1.29 is 9.59 Å². The summed E-state index contributed by atoms with van der Waals surface area (Å²) >= 11 is 0. The lowest BCUT2D eigenvalue weighted by Gasteiger charge is -2.22. The third-order valence-electron chi connectivity index (χ3n) is 5.43. The summed E-state index contributed by atoms with van der Waals surface area (Å²) in [6.45, 7) is 10.1. The zero-order valence-electron chi connectivity index (χ0n) is 18.8. The van der Waals surface area contributed by atoms with E-state index in [2.05, 4.69) is 15.7 Å². The molecule has 2 N–H and O–H groups in total. The van der Waals surface area contributed by atoms with Gasteiger partial charge in [0, 0.05) is 23.4 Å². The van der Waals surface area contributed by atoms with E-state index in [0.717, 1.165) is 28.2 Å². The van der Waals surface area contributed by atoms with E-state index in [9.17, 15) is 9.59 Å². The Hall–Kier alpha value is -3.41. The molecule has 0 saturated carbocycles. The Morgan fingerprint density at radius 2 is 1.61 bits per heavy atom. The molecule has 31 heavy (non-hydrogen) atoms. The van der Waals surface area contributed by atoms with Gasteiger partial charge in [-0.1, -0.05) is 49.7 Å². The molecule has 0 bridgehead atoms. The maximum atomic E-state index is 12.9. The highest BCUT2D eigenvalue weighted by Gasteiger charge is 2.25. The third-order valence-corrected chi connectivity index (χ3v) is 5.43. The van der Waals surface area contributed by atoms with Crippen LogP contribution in [0.5, 0.6) is 0 Å². The summed E-state index contributed by atoms with van der Waals surface area (Å²) in [5, 5.41) is 10.5. The largest absolute Gasteiger partial charge is 0.350 e. The summed E-state index contributed by atoms with van der Waals surface area (Å²) in [7, 11) is 0. The summed E-state index contributed by atoms with van der Waals surface area (Å²) in [6, 6.07) is 16.6. The number of hydrogen-bond acceptors (Lipinski definition) is 3. The summed E-state index contributed by atoms with van der Waals surface area (Å²) < 4.78 is 1.88. The van der Waals surface area contributed by atoms with E-state index in [1.807, 2.05) is 81.8 Å². The second-order valence-electron chi connectivity index (χ2n) is 8.18. The average Bonchev–Trinajstić information content (AvgIpc) is 3.04. The van der Waals surface area contributed by atoms with Crippen LogP contribution in [0.25, 0.3) is 5.69 Å². The number of benzene rings is 2. The van der Waals surface area contributed by atoms with Crippen molar-refractivity contribution in [1.29, 1.82) is 0 Å². The molecule has 0 spiro atoms. The second-order valence-corrected chi connectivity index (χ2v) is 8.18. The van der Waals surface area contributed by atoms with Crippen molar-refractivity contribution in [3.05, 3.63) is 82.7 Å². The first-order chi connectivity index (χ1) is 14.8. The Kier molecular flexibility index (Phi) is 6.90. The number of carbonyl (C=O) groups is 2. The predicted octanol–water partition coefficient (Wildman–Crippen LogP) is 3.87. The molecular weight excluding hydrogens is 388 g/mol. The molecule has 1 heterocycles. The van der Waals surface area contributed by atoms with Crippen molar-refractivity contribution in [3.8, 4) is 5.69 Å². The van der Waals surface area contributed by atoms with Gasteiger partial charge in [-0.2, -0.15) is 5.10 Å². The topological polar surface area (TPSA) is 76.0 Å². The molecule has 6 heteroatoms. The summed E-state index contributed by atoms with van der Waals surface area (Å²) in [4.78, 5) is 25.5. The Morgan fingerprint density at radius 1 is 0.968 bits per heavy atom. The first kappa shape index (κ1) is 22.3. The van der Waals surface area contributed by atoms with Crippen LogP contribution in [0.2, 0.25) is 0 Å². The monoisotopic (exact) mass is 418 g/mol. The van der Waals surface area contributed by atoms with Crippen LogP contribution in [0.3, 0.4) is 0 Å². The molecule has 3 rings (SSSR count). The number of hydrogen-bond donors (Lipinski definition) is 2. The third kappa shape index (κ3) is 5.20. The number of para-hydroxylation sites is 1. The van der Waals surface area contributed by atoms with Crippen LogP contribution < -0.4 is 10.6 Å². The highest BCUT2D eigenvalue weighted by molar-refractivity contribution is 5.97. The van der Waals surface area contributed by atoms with Crippen molar-refractivity contribution in [2.24, 2.45) is 5.92 Å². The van der Waals surface area contributed by atoms with Gasteiger partial charge in [0.25, 0.3) is 5.91 Å². The lowest BCUT2D eigenvalue weighted by Crippen LogP contribution is -2.49. The zero-order chi connectivity index (χ0) is 22.5. The molecule has 2 aromatic carbocycles. The lowest BCUT2D eigenvalue weighted by molar-refractivity contribution is -0.124. The van der Waals surface area contributed by atoms with Gasteiger partial charge < -0.3 is 10.6 Å². The number of nitrogens with zero attached hydrogens (tertiary/aromatic N) is 2. The molecule has 0 fully saturated rings. The molecular formula is C25H30N4O2.